The maximum atomic E-state index is 9.67. The van der Waals surface area contributed by atoms with Gasteiger partial charge in [0.1, 0.15) is 0 Å². The summed E-state index contributed by atoms with van der Waals surface area (Å²) in [5.74, 6) is 1.72. The van der Waals surface area contributed by atoms with Crippen molar-refractivity contribution in [2.24, 2.45) is 5.29 Å². The molecule has 0 heterocycles. The Morgan fingerprint density at radius 3 is 2.75 bits per heavy atom. The van der Waals surface area contributed by atoms with Crippen molar-refractivity contribution in [3.63, 3.8) is 0 Å². The van der Waals surface area contributed by atoms with E-state index in [0.717, 1.165) is 5.75 Å². The van der Waals surface area contributed by atoms with Crippen LogP contribution in [0.5, 0.6) is 0 Å². The fourth-order valence-electron chi connectivity index (χ4n) is 0.247. The van der Waals surface area contributed by atoms with Gasteiger partial charge < -0.3 is 0 Å². The molecule has 0 amide bonds. The van der Waals surface area contributed by atoms with Crippen LogP contribution in [0, 0.1) is 4.91 Å². The lowest BCUT2D eigenvalue weighted by atomic mass is 11.0. The number of rotatable bonds is 4. The van der Waals surface area contributed by atoms with Gasteiger partial charge in [-0.3, -0.25) is 5.01 Å². The Hall–Kier alpha value is -0.250. The Bertz CT molecular complexity index is 69.1. The average molecular weight is 134 g/mol. The van der Waals surface area contributed by atoms with Crippen LogP contribution < -0.4 is 0 Å². The van der Waals surface area contributed by atoms with E-state index in [4.69, 9.17) is 0 Å². The Kier molecular flexibility index (Phi) is 4.75. The van der Waals surface area contributed by atoms with Crippen LogP contribution in [0.15, 0.2) is 5.29 Å². The van der Waals surface area contributed by atoms with Gasteiger partial charge in [-0.05, 0) is 5.75 Å². The Labute approximate surface area is 53.4 Å². The van der Waals surface area contributed by atoms with Crippen molar-refractivity contribution < 1.29 is 0 Å². The van der Waals surface area contributed by atoms with Crippen LogP contribution in [-0.2, 0) is 0 Å². The first kappa shape index (κ1) is 7.75. The van der Waals surface area contributed by atoms with E-state index in [1.807, 2.05) is 6.92 Å². The fourth-order valence-corrected chi connectivity index (χ4v) is 0.741. The fraction of sp³-hybridized carbons (Fsp3) is 1.00. The molecule has 0 saturated heterocycles. The minimum Gasteiger partial charge on any atom is -0.254 e. The van der Waals surface area contributed by atoms with Gasteiger partial charge in [0.2, 0.25) is 0 Å². The Balaban J connectivity index is 2.98. The first-order valence-corrected chi connectivity index (χ1v) is 3.59. The van der Waals surface area contributed by atoms with E-state index in [1.54, 1.807) is 18.8 Å². The second-order valence-corrected chi connectivity index (χ2v) is 2.60. The molecule has 0 aromatic carbocycles. The Morgan fingerprint density at radius 2 is 2.38 bits per heavy atom. The monoisotopic (exact) mass is 134 g/mol. The van der Waals surface area contributed by atoms with Crippen molar-refractivity contribution in [1.29, 1.82) is 0 Å². The largest absolute Gasteiger partial charge is 0.254 e. The zero-order valence-corrected chi connectivity index (χ0v) is 5.94. The van der Waals surface area contributed by atoms with E-state index in [-0.39, 0.29) is 0 Å². The van der Waals surface area contributed by atoms with Gasteiger partial charge in [-0.2, -0.15) is 0 Å². The topological polar surface area (TPSA) is 32.7 Å². The minimum atomic E-state index is 0.694. The van der Waals surface area contributed by atoms with Crippen LogP contribution in [-0.4, -0.2) is 23.7 Å². The lowest BCUT2D eigenvalue weighted by Crippen LogP contribution is -2.07. The first-order valence-electron chi connectivity index (χ1n) is 2.43. The normalized spacial score (nSPS) is 8.75. The molecule has 0 saturated carbocycles. The van der Waals surface area contributed by atoms with Crippen LogP contribution in [0.2, 0.25) is 0 Å². The van der Waals surface area contributed by atoms with Crippen LogP contribution >= 0.6 is 11.8 Å². The van der Waals surface area contributed by atoms with Crippen LogP contribution in [0.1, 0.15) is 6.92 Å². The molecule has 4 heteroatoms. The summed E-state index contributed by atoms with van der Waals surface area (Å²) in [5, 5.41) is 4.06. The minimum absolute atomic E-state index is 0.694. The summed E-state index contributed by atoms with van der Waals surface area (Å²) in [6, 6.07) is 0. The van der Waals surface area contributed by atoms with Gasteiger partial charge in [0.25, 0.3) is 0 Å². The number of hydrogen-bond donors (Lipinski definition) is 0. The SMILES string of the molecule is CCSCN(C)N=O. The van der Waals surface area contributed by atoms with E-state index in [0.29, 0.717) is 5.88 Å². The molecule has 0 rings (SSSR count). The quantitative estimate of drug-likeness (QED) is 0.330. The predicted molar refractivity (Wildman–Crippen MR) is 36.6 cm³/mol. The Morgan fingerprint density at radius 1 is 1.75 bits per heavy atom. The van der Waals surface area contributed by atoms with Gasteiger partial charge in [0, 0.05) is 7.05 Å². The molecule has 0 fully saturated rings. The summed E-state index contributed by atoms with van der Waals surface area (Å²) in [6.45, 7) is 2.04. The molecule has 0 atom stereocenters. The zero-order chi connectivity index (χ0) is 6.41. The molecule has 0 N–H and O–H groups in total. The predicted octanol–water partition coefficient (Wildman–Crippen LogP) is 1.31. The summed E-state index contributed by atoms with van der Waals surface area (Å²) in [4.78, 5) is 9.67. The molecule has 48 valence electrons. The first-order chi connectivity index (χ1) is 3.81. The third kappa shape index (κ3) is 3.92. The van der Waals surface area contributed by atoms with E-state index in [1.165, 1.54) is 5.01 Å². The second-order valence-electron chi connectivity index (χ2n) is 1.36. The van der Waals surface area contributed by atoms with Gasteiger partial charge in [0.15, 0.2) is 0 Å². The lowest BCUT2D eigenvalue weighted by Gasteiger charge is -2.04. The molecule has 0 aliphatic carbocycles. The number of hydrogen-bond acceptors (Lipinski definition) is 3. The maximum Gasteiger partial charge on any atom is 0.0843 e. The summed E-state index contributed by atoms with van der Waals surface area (Å²) < 4.78 is 0. The van der Waals surface area contributed by atoms with E-state index in [2.05, 4.69) is 5.29 Å². The molecule has 0 bridgehead atoms. The average Bonchev–Trinajstić information content (AvgIpc) is 1.83. The van der Waals surface area contributed by atoms with Crippen LogP contribution in [0.3, 0.4) is 0 Å². The molecular formula is C4H10N2OS. The second kappa shape index (κ2) is 4.90. The molecule has 0 unspecified atom stereocenters. The van der Waals surface area contributed by atoms with Crippen molar-refractivity contribution in [3.05, 3.63) is 4.91 Å². The van der Waals surface area contributed by atoms with Crippen molar-refractivity contribution in [3.8, 4) is 0 Å². The van der Waals surface area contributed by atoms with Crippen molar-refractivity contribution >= 4 is 11.8 Å². The van der Waals surface area contributed by atoms with Crippen LogP contribution in [0.4, 0.5) is 0 Å². The molecule has 0 radical (unpaired) electrons. The molecule has 0 aromatic rings. The molecule has 3 nitrogen and oxygen atoms in total. The van der Waals surface area contributed by atoms with Crippen molar-refractivity contribution in [2.45, 2.75) is 6.92 Å². The van der Waals surface area contributed by atoms with Crippen LogP contribution in [0.25, 0.3) is 0 Å². The maximum absolute atomic E-state index is 9.67. The molecule has 0 aliphatic rings. The standard InChI is InChI=1S/C4H10N2OS/c1-3-8-4-6(2)5-7/h3-4H2,1-2H3. The van der Waals surface area contributed by atoms with Crippen molar-refractivity contribution in [2.75, 3.05) is 18.7 Å². The van der Waals surface area contributed by atoms with Crippen molar-refractivity contribution in [1.82, 2.24) is 5.01 Å². The van der Waals surface area contributed by atoms with E-state index >= 15 is 0 Å². The molecule has 8 heavy (non-hydrogen) atoms. The third-order valence-corrected chi connectivity index (χ3v) is 1.59. The molecule has 0 spiro atoms. The number of nitrogens with zero attached hydrogens (tertiary/aromatic N) is 2. The van der Waals surface area contributed by atoms with Gasteiger partial charge in [-0.1, -0.05) is 6.92 Å². The number of thioether (sulfide) groups is 1. The highest BCUT2D eigenvalue weighted by Crippen LogP contribution is 1.99. The van der Waals surface area contributed by atoms with E-state index in [9.17, 15) is 4.91 Å². The molecular weight excluding hydrogens is 124 g/mol. The van der Waals surface area contributed by atoms with Gasteiger partial charge in [-0.15, -0.1) is 16.7 Å². The smallest absolute Gasteiger partial charge is 0.0843 e. The molecule has 0 aromatic heterocycles. The summed E-state index contributed by atoms with van der Waals surface area (Å²) in [6.07, 6.45) is 0. The summed E-state index contributed by atoms with van der Waals surface area (Å²) >= 11 is 1.67. The summed E-state index contributed by atoms with van der Waals surface area (Å²) in [5.41, 5.74) is 0. The third-order valence-electron chi connectivity index (χ3n) is 0.622. The molecule has 0 aliphatic heterocycles. The highest BCUT2D eigenvalue weighted by Gasteiger charge is 1.89. The van der Waals surface area contributed by atoms with Gasteiger partial charge >= 0.3 is 0 Å². The number of nitroso groups, excluding NO2 is 1. The zero-order valence-electron chi connectivity index (χ0n) is 5.13. The van der Waals surface area contributed by atoms with Gasteiger partial charge in [-0.25, -0.2) is 0 Å². The highest BCUT2D eigenvalue weighted by atomic mass is 32.2. The highest BCUT2D eigenvalue weighted by molar-refractivity contribution is 7.99. The van der Waals surface area contributed by atoms with E-state index < -0.39 is 0 Å². The lowest BCUT2D eigenvalue weighted by molar-refractivity contribution is 0.414. The van der Waals surface area contributed by atoms with Gasteiger partial charge in [0.05, 0.1) is 11.2 Å². The summed E-state index contributed by atoms with van der Waals surface area (Å²) in [7, 11) is 1.66.